The van der Waals surface area contributed by atoms with Gasteiger partial charge in [0.2, 0.25) is 0 Å². The fraction of sp³-hybridized carbons (Fsp3) is 0.909. The van der Waals surface area contributed by atoms with Gasteiger partial charge in [0.1, 0.15) is 0 Å². The minimum atomic E-state index is -0.771. The first kappa shape index (κ1) is 10.7. The molecule has 2 atom stereocenters. The van der Waals surface area contributed by atoms with Crippen molar-refractivity contribution in [2.75, 3.05) is 19.6 Å². The highest BCUT2D eigenvalue weighted by molar-refractivity contribution is 5.67. The molecule has 2 saturated heterocycles. The Morgan fingerprint density at radius 1 is 1.53 bits per heavy atom. The molecule has 2 rings (SSSR count). The van der Waals surface area contributed by atoms with Crippen molar-refractivity contribution in [3.63, 3.8) is 0 Å². The molecule has 15 heavy (non-hydrogen) atoms. The molecule has 4 nitrogen and oxygen atoms in total. The average Bonchev–Trinajstić information content (AvgIpc) is 2.45. The number of carboxylic acid groups (broad SMARTS) is 1. The maximum atomic E-state index is 11.1. The Labute approximate surface area is 90.6 Å². The van der Waals surface area contributed by atoms with Gasteiger partial charge in [-0.25, -0.2) is 4.79 Å². The molecule has 0 aromatic rings. The van der Waals surface area contributed by atoms with E-state index in [-0.39, 0.29) is 16.9 Å². The van der Waals surface area contributed by atoms with Crippen molar-refractivity contribution >= 4 is 6.09 Å². The molecule has 0 radical (unpaired) electrons. The van der Waals surface area contributed by atoms with Gasteiger partial charge in [-0.1, -0.05) is 20.8 Å². The van der Waals surface area contributed by atoms with E-state index in [0.717, 1.165) is 19.5 Å². The standard InChI is InChI=1S/C11H20N2O2/c1-10(2,3)8-11(4-5-12-6-11)7-13(8)9(14)15/h8,12H,4-7H2,1-3H3,(H,14,15). The third-order valence-electron chi connectivity index (χ3n) is 3.72. The predicted octanol–water partition coefficient (Wildman–Crippen LogP) is 1.37. The van der Waals surface area contributed by atoms with Crippen molar-refractivity contribution in [3.05, 3.63) is 0 Å². The van der Waals surface area contributed by atoms with Gasteiger partial charge in [0, 0.05) is 24.5 Å². The lowest BCUT2D eigenvalue weighted by Crippen LogP contribution is -2.71. The molecule has 2 aliphatic heterocycles. The van der Waals surface area contributed by atoms with E-state index < -0.39 is 6.09 Å². The van der Waals surface area contributed by atoms with Gasteiger partial charge in [0.25, 0.3) is 0 Å². The normalized spacial score (nSPS) is 35.7. The van der Waals surface area contributed by atoms with Crippen LogP contribution < -0.4 is 5.32 Å². The van der Waals surface area contributed by atoms with Crippen LogP contribution in [0.4, 0.5) is 4.79 Å². The van der Waals surface area contributed by atoms with Crippen molar-refractivity contribution in [2.24, 2.45) is 10.8 Å². The van der Waals surface area contributed by atoms with E-state index in [4.69, 9.17) is 5.11 Å². The molecule has 0 aliphatic carbocycles. The first-order valence-corrected chi connectivity index (χ1v) is 5.57. The van der Waals surface area contributed by atoms with Crippen molar-refractivity contribution in [1.82, 2.24) is 10.2 Å². The van der Waals surface area contributed by atoms with E-state index in [1.54, 1.807) is 4.90 Å². The lowest BCUT2D eigenvalue weighted by atomic mass is 9.61. The lowest BCUT2D eigenvalue weighted by molar-refractivity contribution is -0.0955. The minimum absolute atomic E-state index is 0.0304. The number of amides is 1. The average molecular weight is 212 g/mol. The predicted molar refractivity (Wildman–Crippen MR) is 57.9 cm³/mol. The van der Waals surface area contributed by atoms with Crippen LogP contribution in [0.25, 0.3) is 0 Å². The molecule has 86 valence electrons. The summed E-state index contributed by atoms with van der Waals surface area (Å²) in [5, 5.41) is 12.5. The zero-order valence-electron chi connectivity index (χ0n) is 9.71. The van der Waals surface area contributed by atoms with Gasteiger partial charge >= 0.3 is 6.09 Å². The van der Waals surface area contributed by atoms with E-state index >= 15 is 0 Å². The van der Waals surface area contributed by atoms with E-state index in [1.165, 1.54) is 0 Å². The molecular formula is C11H20N2O2. The van der Waals surface area contributed by atoms with Crippen LogP contribution in [0.2, 0.25) is 0 Å². The Morgan fingerprint density at radius 2 is 2.20 bits per heavy atom. The van der Waals surface area contributed by atoms with E-state index in [0.29, 0.717) is 6.54 Å². The molecule has 1 spiro atoms. The van der Waals surface area contributed by atoms with Gasteiger partial charge in [-0.05, 0) is 18.4 Å². The van der Waals surface area contributed by atoms with Crippen LogP contribution in [0.15, 0.2) is 0 Å². The zero-order chi connectivity index (χ0) is 11.3. The molecule has 2 unspecified atom stereocenters. The molecule has 0 bridgehead atoms. The van der Waals surface area contributed by atoms with Crippen molar-refractivity contribution < 1.29 is 9.90 Å². The van der Waals surface area contributed by atoms with Crippen molar-refractivity contribution in [1.29, 1.82) is 0 Å². The molecule has 2 aliphatic rings. The van der Waals surface area contributed by atoms with Gasteiger partial charge in [0.15, 0.2) is 0 Å². The van der Waals surface area contributed by atoms with Crippen LogP contribution in [0.3, 0.4) is 0 Å². The molecule has 1 amide bonds. The maximum absolute atomic E-state index is 11.1. The van der Waals surface area contributed by atoms with E-state index in [1.807, 2.05) is 0 Å². The van der Waals surface area contributed by atoms with E-state index in [2.05, 4.69) is 26.1 Å². The van der Waals surface area contributed by atoms with Gasteiger partial charge in [-0.3, -0.25) is 0 Å². The summed E-state index contributed by atoms with van der Waals surface area (Å²) in [6.07, 6.45) is 0.339. The van der Waals surface area contributed by atoms with Gasteiger partial charge < -0.3 is 15.3 Å². The van der Waals surface area contributed by atoms with Crippen LogP contribution >= 0.6 is 0 Å². The zero-order valence-corrected chi connectivity index (χ0v) is 9.71. The number of hydrogen-bond acceptors (Lipinski definition) is 2. The lowest BCUT2D eigenvalue weighted by Gasteiger charge is -2.59. The SMILES string of the molecule is CC(C)(C)C1N(C(=O)O)CC12CCNC2. The Hall–Kier alpha value is -0.770. The highest BCUT2D eigenvalue weighted by atomic mass is 16.4. The molecule has 4 heteroatoms. The second-order valence-corrected chi connectivity index (χ2v) is 5.97. The summed E-state index contributed by atoms with van der Waals surface area (Å²) in [5.41, 5.74) is 0.235. The fourth-order valence-corrected chi connectivity index (χ4v) is 3.43. The number of likely N-dealkylation sites (tertiary alicyclic amines) is 1. The van der Waals surface area contributed by atoms with Crippen LogP contribution in [0.1, 0.15) is 27.2 Å². The second kappa shape index (κ2) is 3.11. The van der Waals surface area contributed by atoms with E-state index in [9.17, 15) is 4.79 Å². The fourth-order valence-electron chi connectivity index (χ4n) is 3.43. The Kier molecular flexibility index (Phi) is 2.23. The summed E-state index contributed by atoms with van der Waals surface area (Å²) >= 11 is 0. The highest BCUT2D eigenvalue weighted by Gasteiger charge is 2.59. The minimum Gasteiger partial charge on any atom is -0.465 e. The summed E-state index contributed by atoms with van der Waals surface area (Å²) < 4.78 is 0. The monoisotopic (exact) mass is 212 g/mol. The molecule has 2 heterocycles. The number of hydrogen-bond donors (Lipinski definition) is 2. The van der Waals surface area contributed by atoms with Crippen molar-refractivity contribution in [3.8, 4) is 0 Å². The molecule has 0 aromatic heterocycles. The quantitative estimate of drug-likeness (QED) is 0.637. The first-order valence-electron chi connectivity index (χ1n) is 5.57. The highest BCUT2D eigenvalue weighted by Crippen LogP contribution is 2.50. The largest absolute Gasteiger partial charge is 0.465 e. The van der Waals surface area contributed by atoms with Gasteiger partial charge in [-0.2, -0.15) is 0 Å². The summed E-state index contributed by atoms with van der Waals surface area (Å²) in [7, 11) is 0. The third-order valence-corrected chi connectivity index (χ3v) is 3.72. The maximum Gasteiger partial charge on any atom is 0.407 e. The smallest absolute Gasteiger partial charge is 0.407 e. The Morgan fingerprint density at radius 3 is 2.60 bits per heavy atom. The van der Waals surface area contributed by atoms with Crippen LogP contribution in [0.5, 0.6) is 0 Å². The van der Waals surface area contributed by atoms with Gasteiger partial charge in [-0.15, -0.1) is 0 Å². The molecule has 0 saturated carbocycles. The second-order valence-electron chi connectivity index (χ2n) is 5.97. The number of nitrogens with zero attached hydrogens (tertiary/aromatic N) is 1. The first-order chi connectivity index (χ1) is 6.87. The Bertz CT molecular complexity index is 277. The van der Waals surface area contributed by atoms with Gasteiger partial charge in [0.05, 0.1) is 0 Å². The summed E-state index contributed by atoms with van der Waals surface area (Å²) in [6.45, 7) is 9.10. The van der Waals surface area contributed by atoms with Crippen LogP contribution in [-0.4, -0.2) is 41.8 Å². The van der Waals surface area contributed by atoms with Crippen LogP contribution in [-0.2, 0) is 0 Å². The molecule has 2 fully saturated rings. The summed E-state index contributed by atoms with van der Waals surface area (Å²) in [5.74, 6) is 0. The Balaban J connectivity index is 2.21. The topological polar surface area (TPSA) is 52.6 Å². The van der Waals surface area contributed by atoms with Crippen molar-refractivity contribution in [2.45, 2.75) is 33.2 Å². The summed E-state index contributed by atoms with van der Waals surface area (Å²) in [4.78, 5) is 12.7. The van der Waals surface area contributed by atoms with Crippen LogP contribution in [0, 0.1) is 10.8 Å². The number of carbonyl (C=O) groups is 1. The molecule has 0 aromatic carbocycles. The summed E-state index contributed by atoms with van der Waals surface area (Å²) in [6, 6.07) is 0.164. The number of nitrogens with one attached hydrogen (secondary N) is 1. The number of rotatable bonds is 0. The molecule has 2 N–H and O–H groups in total. The third kappa shape index (κ3) is 1.51. The molecular weight excluding hydrogens is 192 g/mol.